The summed E-state index contributed by atoms with van der Waals surface area (Å²) in [7, 11) is 0. The van der Waals surface area contributed by atoms with E-state index in [1.807, 2.05) is 36.4 Å². The van der Waals surface area contributed by atoms with Crippen molar-refractivity contribution in [2.75, 3.05) is 11.9 Å². The minimum atomic E-state index is -0.357. The molecular formula is C24H26N2O2S2. The molecule has 0 aliphatic rings. The fourth-order valence-electron chi connectivity index (χ4n) is 3.05. The van der Waals surface area contributed by atoms with Gasteiger partial charge in [-0.2, -0.15) is 0 Å². The molecule has 0 amide bonds. The minimum Gasteiger partial charge on any atom is -0.462 e. The van der Waals surface area contributed by atoms with Crippen molar-refractivity contribution in [1.29, 1.82) is 0 Å². The van der Waals surface area contributed by atoms with Crippen LogP contribution in [0.3, 0.4) is 0 Å². The van der Waals surface area contributed by atoms with Gasteiger partial charge < -0.3 is 15.4 Å². The number of aryl methyl sites for hydroxylation is 1. The summed E-state index contributed by atoms with van der Waals surface area (Å²) in [6, 6.07) is 20.3. The molecule has 2 aromatic carbocycles. The number of carbonyl (C=O) groups excluding carboxylic acids is 1. The van der Waals surface area contributed by atoms with Gasteiger partial charge in [0.15, 0.2) is 5.11 Å². The van der Waals surface area contributed by atoms with Gasteiger partial charge in [-0.15, -0.1) is 11.3 Å². The number of ether oxygens (including phenoxy) is 1. The number of nitrogens with one attached hydrogen (secondary N) is 2. The Labute approximate surface area is 187 Å². The number of thiophene rings is 1. The smallest absolute Gasteiger partial charge is 0.341 e. The molecule has 3 aromatic rings. The monoisotopic (exact) mass is 438 g/mol. The number of hydrogen-bond acceptors (Lipinski definition) is 4. The zero-order valence-corrected chi connectivity index (χ0v) is 19.0. The third-order valence-corrected chi connectivity index (χ3v) is 6.07. The van der Waals surface area contributed by atoms with Crippen molar-refractivity contribution in [3.8, 4) is 10.4 Å². The number of benzene rings is 2. The summed E-state index contributed by atoms with van der Waals surface area (Å²) < 4.78 is 5.24. The van der Waals surface area contributed by atoms with Gasteiger partial charge >= 0.3 is 5.97 Å². The van der Waals surface area contributed by atoms with E-state index in [0.717, 1.165) is 22.4 Å². The maximum atomic E-state index is 12.5. The van der Waals surface area contributed by atoms with Gasteiger partial charge in [-0.25, -0.2) is 4.79 Å². The molecule has 6 heteroatoms. The molecule has 1 aromatic heterocycles. The molecule has 1 atom stereocenters. The Morgan fingerprint density at radius 2 is 1.80 bits per heavy atom. The first kappa shape index (κ1) is 22.0. The molecule has 0 spiro atoms. The van der Waals surface area contributed by atoms with Crippen LogP contribution < -0.4 is 10.6 Å². The highest BCUT2D eigenvalue weighted by molar-refractivity contribution is 7.80. The average Bonchev–Trinajstić information content (AvgIpc) is 3.18. The second-order valence-electron chi connectivity index (χ2n) is 6.86. The fraction of sp³-hybridized carbons (Fsp3) is 0.250. The Kier molecular flexibility index (Phi) is 7.60. The molecule has 2 N–H and O–H groups in total. The summed E-state index contributed by atoms with van der Waals surface area (Å²) in [6.07, 6.45) is 1.01. The highest BCUT2D eigenvalue weighted by atomic mass is 32.1. The average molecular weight is 439 g/mol. The van der Waals surface area contributed by atoms with E-state index < -0.39 is 0 Å². The van der Waals surface area contributed by atoms with Crippen LogP contribution in [-0.4, -0.2) is 17.7 Å². The number of thiocarbonyl (C=S) groups is 1. The number of carbonyl (C=O) groups is 1. The Hall–Kier alpha value is -2.70. The molecule has 1 unspecified atom stereocenters. The lowest BCUT2D eigenvalue weighted by Gasteiger charge is -2.17. The van der Waals surface area contributed by atoms with E-state index in [1.165, 1.54) is 16.9 Å². The second kappa shape index (κ2) is 10.4. The molecule has 0 saturated carbocycles. The SMILES string of the molecule is CCOC(=O)c1cc(-c2ccccc2)sc1NC(=S)NC(C)c1ccc(CC)cc1. The third kappa shape index (κ3) is 5.46. The summed E-state index contributed by atoms with van der Waals surface area (Å²) in [5.74, 6) is -0.357. The van der Waals surface area contributed by atoms with Gasteiger partial charge in [0, 0.05) is 4.88 Å². The lowest BCUT2D eigenvalue weighted by Crippen LogP contribution is -2.31. The minimum absolute atomic E-state index is 0.0375. The molecular weight excluding hydrogens is 412 g/mol. The van der Waals surface area contributed by atoms with Gasteiger partial charge in [0.2, 0.25) is 0 Å². The predicted octanol–water partition coefficient (Wildman–Crippen LogP) is 6.20. The van der Waals surface area contributed by atoms with E-state index in [9.17, 15) is 4.79 Å². The van der Waals surface area contributed by atoms with Crippen LogP contribution in [0.15, 0.2) is 60.7 Å². The van der Waals surface area contributed by atoms with Crippen LogP contribution in [0.5, 0.6) is 0 Å². The van der Waals surface area contributed by atoms with Crippen LogP contribution in [0.25, 0.3) is 10.4 Å². The van der Waals surface area contributed by atoms with Crippen molar-refractivity contribution in [2.24, 2.45) is 0 Å². The first-order valence-electron chi connectivity index (χ1n) is 10.0. The van der Waals surface area contributed by atoms with E-state index in [1.54, 1.807) is 6.92 Å². The highest BCUT2D eigenvalue weighted by Crippen LogP contribution is 2.36. The normalized spacial score (nSPS) is 11.6. The fourth-order valence-corrected chi connectivity index (χ4v) is 4.45. The summed E-state index contributed by atoms with van der Waals surface area (Å²) >= 11 is 7.01. The molecule has 0 bridgehead atoms. The molecule has 4 nitrogen and oxygen atoms in total. The van der Waals surface area contributed by atoms with Gasteiger partial charge in [0.25, 0.3) is 0 Å². The lowest BCUT2D eigenvalue weighted by molar-refractivity contribution is 0.0528. The molecule has 30 heavy (non-hydrogen) atoms. The van der Waals surface area contributed by atoms with E-state index in [2.05, 4.69) is 48.7 Å². The first-order valence-corrected chi connectivity index (χ1v) is 11.3. The topological polar surface area (TPSA) is 50.4 Å². The molecule has 3 rings (SSSR count). The van der Waals surface area contributed by atoms with Crippen LogP contribution in [0.4, 0.5) is 5.00 Å². The number of esters is 1. The van der Waals surface area contributed by atoms with Gasteiger partial charge in [-0.05, 0) is 55.2 Å². The molecule has 0 aliphatic heterocycles. The van der Waals surface area contributed by atoms with Crippen molar-refractivity contribution in [3.63, 3.8) is 0 Å². The second-order valence-corrected chi connectivity index (χ2v) is 8.32. The van der Waals surface area contributed by atoms with Crippen molar-refractivity contribution in [1.82, 2.24) is 5.32 Å². The Morgan fingerprint density at radius 3 is 2.43 bits per heavy atom. The number of rotatable bonds is 7. The van der Waals surface area contributed by atoms with Crippen LogP contribution in [0.1, 0.15) is 48.3 Å². The maximum Gasteiger partial charge on any atom is 0.341 e. The van der Waals surface area contributed by atoms with E-state index in [4.69, 9.17) is 17.0 Å². The van der Waals surface area contributed by atoms with Crippen molar-refractivity contribution >= 4 is 39.6 Å². The summed E-state index contributed by atoms with van der Waals surface area (Å²) in [5.41, 5.74) is 3.99. The van der Waals surface area contributed by atoms with Crippen LogP contribution in [0.2, 0.25) is 0 Å². The van der Waals surface area contributed by atoms with E-state index >= 15 is 0 Å². The van der Waals surface area contributed by atoms with Crippen LogP contribution >= 0.6 is 23.6 Å². The largest absolute Gasteiger partial charge is 0.462 e. The molecule has 0 fully saturated rings. The van der Waals surface area contributed by atoms with Gasteiger partial charge in [0.05, 0.1) is 18.2 Å². The quantitative estimate of drug-likeness (QED) is 0.340. The molecule has 0 saturated heterocycles. The first-order chi connectivity index (χ1) is 14.5. The number of anilines is 1. The van der Waals surface area contributed by atoms with Crippen molar-refractivity contribution < 1.29 is 9.53 Å². The highest BCUT2D eigenvalue weighted by Gasteiger charge is 2.19. The zero-order chi connectivity index (χ0) is 21.5. The van der Waals surface area contributed by atoms with Crippen LogP contribution in [0, 0.1) is 0 Å². The standard InChI is InChI=1S/C24H26N2O2S2/c1-4-17-11-13-18(14-12-17)16(3)25-24(29)26-22-20(23(27)28-5-2)15-21(30-22)19-9-7-6-8-10-19/h6-16H,4-5H2,1-3H3,(H2,25,26,29). The summed E-state index contributed by atoms with van der Waals surface area (Å²) in [6.45, 7) is 6.32. The van der Waals surface area contributed by atoms with Crippen molar-refractivity contribution in [2.45, 2.75) is 33.2 Å². The Bertz CT molecular complexity index is 998. The molecule has 0 radical (unpaired) electrons. The van der Waals surface area contributed by atoms with Gasteiger partial charge in [0.1, 0.15) is 5.00 Å². The van der Waals surface area contributed by atoms with Gasteiger partial charge in [-0.1, -0.05) is 61.5 Å². The number of hydrogen-bond donors (Lipinski definition) is 2. The van der Waals surface area contributed by atoms with Gasteiger partial charge in [-0.3, -0.25) is 0 Å². The van der Waals surface area contributed by atoms with E-state index in [-0.39, 0.29) is 12.0 Å². The van der Waals surface area contributed by atoms with E-state index in [0.29, 0.717) is 22.3 Å². The molecule has 1 heterocycles. The summed E-state index contributed by atoms with van der Waals surface area (Å²) in [4.78, 5) is 13.5. The predicted molar refractivity (Wildman–Crippen MR) is 129 cm³/mol. The maximum absolute atomic E-state index is 12.5. The van der Waals surface area contributed by atoms with Crippen LogP contribution in [-0.2, 0) is 11.2 Å². The Balaban J connectivity index is 1.77. The third-order valence-electron chi connectivity index (χ3n) is 4.75. The Morgan fingerprint density at radius 1 is 1.10 bits per heavy atom. The molecule has 0 aliphatic carbocycles. The molecule has 156 valence electrons. The zero-order valence-electron chi connectivity index (χ0n) is 17.4. The lowest BCUT2D eigenvalue weighted by atomic mass is 10.1. The summed E-state index contributed by atoms with van der Waals surface area (Å²) in [5, 5.41) is 7.65. The van der Waals surface area contributed by atoms with Crippen molar-refractivity contribution in [3.05, 3.63) is 77.4 Å².